The Morgan fingerprint density at radius 1 is 1.04 bits per heavy atom. The Morgan fingerprint density at radius 3 is 2.44 bits per heavy atom. The molecule has 1 saturated heterocycles. The van der Waals surface area contributed by atoms with Crippen LogP contribution in [0.15, 0.2) is 42.5 Å². The zero-order valence-electron chi connectivity index (χ0n) is 15.5. The van der Waals surface area contributed by atoms with Crippen LogP contribution in [0.25, 0.3) is 0 Å². The second-order valence-electron chi connectivity index (χ2n) is 7.53. The number of hydrogen-bond acceptors (Lipinski definition) is 4. The van der Waals surface area contributed by atoms with Crippen molar-refractivity contribution in [3.8, 4) is 6.07 Å². The molecule has 1 aliphatic heterocycles. The number of hydrogen-bond donors (Lipinski definition) is 1. The molecule has 0 atom stereocenters. The molecule has 0 spiro atoms. The van der Waals surface area contributed by atoms with Gasteiger partial charge in [-0.1, -0.05) is 18.2 Å². The number of nitrogens with zero attached hydrogens (tertiary/aromatic N) is 3. The first-order valence-corrected chi connectivity index (χ1v) is 9.71. The topological polar surface area (TPSA) is 42.3 Å². The van der Waals surface area contributed by atoms with Gasteiger partial charge in [-0.05, 0) is 48.6 Å². The van der Waals surface area contributed by atoms with Crippen LogP contribution in [0.3, 0.4) is 0 Å². The highest BCUT2D eigenvalue weighted by Gasteiger charge is 2.26. The fourth-order valence-corrected chi connectivity index (χ4v) is 3.66. The van der Waals surface area contributed by atoms with Crippen molar-refractivity contribution in [2.75, 3.05) is 42.9 Å². The van der Waals surface area contributed by atoms with E-state index >= 15 is 0 Å². The van der Waals surface area contributed by atoms with Crippen LogP contribution < -0.4 is 10.2 Å². The minimum atomic E-state index is -0.487. The lowest BCUT2D eigenvalue weighted by Gasteiger charge is -2.36. The minimum absolute atomic E-state index is 0.0678. The van der Waals surface area contributed by atoms with Crippen LogP contribution in [0.2, 0.25) is 0 Å². The zero-order chi connectivity index (χ0) is 18.6. The van der Waals surface area contributed by atoms with Crippen LogP contribution in [0.4, 0.5) is 15.8 Å². The lowest BCUT2D eigenvalue weighted by atomic mass is 10.1. The summed E-state index contributed by atoms with van der Waals surface area (Å²) in [6.07, 6.45) is 2.84. The Balaban J connectivity index is 1.32. The lowest BCUT2D eigenvalue weighted by Crippen LogP contribution is -2.47. The van der Waals surface area contributed by atoms with E-state index in [0.29, 0.717) is 12.2 Å². The van der Waals surface area contributed by atoms with Crippen molar-refractivity contribution in [1.29, 1.82) is 5.26 Å². The first-order valence-electron chi connectivity index (χ1n) is 9.71. The largest absolute Gasteiger partial charge is 0.380 e. The zero-order valence-corrected chi connectivity index (χ0v) is 15.5. The summed E-state index contributed by atoms with van der Waals surface area (Å²) in [5.74, 6) is 0.474. The number of benzene rings is 2. The molecule has 4 nitrogen and oxygen atoms in total. The molecule has 1 saturated carbocycles. The Labute approximate surface area is 160 Å². The van der Waals surface area contributed by atoms with Crippen molar-refractivity contribution in [3.63, 3.8) is 0 Å². The van der Waals surface area contributed by atoms with E-state index in [4.69, 9.17) is 5.26 Å². The second kappa shape index (κ2) is 7.98. The summed E-state index contributed by atoms with van der Waals surface area (Å²) < 4.78 is 13.7. The van der Waals surface area contributed by atoms with Gasteiger partial charge >= 0.3 is 0 Å². The number of piperazine rings is 1. The monoisotopic (exact) mass is 364 g/mol. The molecule has 1 heterocycles. The Kier molecular flexibility index (Phi) is 5.26. The third kappa shape index (κ3) is 4.40. The van der Waals surface area contributed by atoms with Crippen LogP contribution in [0.5, 0.6) is 0 Å². The van der Waals surface area contributed by atoms with Gasteiger partial charge in [0.05, 0.1) is 5.69 Å². The van der Waals surface area contributed by atoms with Gasteiger partial charge in [0, 0.05) is 45.0 Å². The summed E-state index contributed by atoms with van der Waals surface area (Å²) in [4.78, 5) is 5.04. The summed E-state index contributed by atoms with van der Waals surface area (Å²) in [6, 6.07) is 15.1. The first-order chi connectivity index (χ1) is 13.2. The standard InChI is InChI=1S/C22H25FN4/c23-21-2-1-3-22(20(21)14-24)25-15-17-6-8-19(9-7-17)27-12-10-26(11-13-27)16-18-4-5-18/h1-3,6-9,18,25H,4-5,10-13,15-16H2. The van der Waals surface area contributed by atoms with Gasteiger partial charge in [0.1, 0.15) is 17.4 Å². The maximum absolute atomic E-state index is 13.7. The van der Waals surface area contributed by atoms with Crippen molar-refractivity contribution in [2.45, 2.75) is 19.4 Å². The van der Waals surface area contributed by atoms with Gasteiger partial charge in [-0.2, -0.15) is 5.26 Å². The molecule has 0 bridgehead atoms. The summed E-state index contributed by atoms with van der Waals surface area (Å²) in [5, 5.41) is 12.3. The van der Waals surface area contributed by atoms with Gasteiger partial charge in [-0.15, -0.1) is 0 Å². The van der Waals surface area contributed by atoms with E-state index < -0.39 is 5.82 Å². The van der Waals surface area contributed by atoms with Crippen LogP contribution in [0, 0.1) is 23.1 Å². The molecule has 27 heavy (non-hydrogen) atoms. The van der Waals surface area contributed by atoms with Crippen molar-refractivity contribution in [3.05, 3.63) is 59.4 Å². The molecule has 140 valence electrons. The molecule has 2 aliphatic rings. The molecule has 2 aromatic rings. The summed E-state index contributed by atoms with van der Waals surface area (Å²) in [7, 11) is 0. The molecule has 0 unspecified atom stereocenters. The van der Waals surface area contributed by atoms with E-state index in [9.17, 15) is 4.39 Å². The van der Waals surface area contributed by atoms with Gasteiger partial charge in [0.2, 0.25) is 0 Å². The smallest absolute Gasteiger partial charge is 0.143 e. The van der Waals surface area contributed by atoms with Gasteiger partial charge in [0.25, 0.3) is 0 Å². The average Bonchev–Trinajstić information content (AvgIpc) is 3.51. The molecule has 2 aromatic carbocycles. The van der Waals surface area contributed by atoms with E-state index in [1.807, 2.05) is 6.07 Å². The predicted molar refractivity (Wildman–Crippen MR) is 106 cm³/mol. The lowest BCUT2D eigenvalue weighted by molar-refractivity contribution is 0.248. The van der Waals surface area contributed by atoms with E-state index in [-0.39, 0.29) is 5.56 Å². The molecule has 1 N–H and O–H groups in total. The highest BCUT2D eigenvalue weighted by molar-refractivity contribution is 5.58. The van der Waals surface area contributed by atoms with Crippen LogP contribution >= 0.6 is 0 Å². The summed E-state index contributed by atoms with van der Waals surface area (Å²) in [6.45, 7) is 6.31. The van der Waals surface area contributed by atoms with E-state index in [2.05, 4.69) is 39.4 Å². The number of nitriles is 1. The van der Waals surface area contributed by atoms with Crippen LogP contribution in [-0.2, 0) is 6.54 Å². The third-order valence-corrected chi connectivity index (χ3v) is 5.50. The van der Waals surface area contributed by atoms with Crippen molar-refractivity contribution in [1.82, 2.24) is 4.90 Å². The van der Waals surface area contributed by atoms with E-state index in [1.54, 1.807) is 12.1 Å². The minimum Gasteiger partial charge on any atom is -0.380 e. The van der Waals surface area contributed by atoms with E-state index in [1.165, 1.54) is 31.1 Å². The molecular formula is C22H25FN4. The number of rotatable bonds is 6. The van der Waals surface area contributed by atoms with Crippen LogP contribution in [0.1, 0.15) is 24.0 Å². The van der Waals surface area contributed by atoms with Crippen molar-refractivity contribution < 1.29 is 4.39 Å². The van der Waals surface area contributed by atoms with Gasteiger partial charge in [-0.3, -0.25) is 4.90 Å². The van der Waals surface area contributed by atoms with Crippen LogP contribution in [-0.4, -0.2) is 37.6 Å². The Morgan fingerprint density at radius 2 is 1.78 bits per heavy atom. The fraction of sp³-hybridized carbons (Fsp3) is 0.409. The van der Waals surface area contributed by atoms with E-state index in [0.717, 1.165) is 37.7 Å². The SMILES string of the molecule is N#Cc1c(F)cccc1NCc1ccc(N2CCN(CC3CC3)CC2)cc1. The number of halogens is 1. The van der Waals surface area contributed by atoms with Gasteiger partial charge < -0.3 is 10.2 Å². The fourth-order valence-electron chi connectivity index (χ4n) is 3.66. The molecule has 0 aromatic heterocycles. The predicted octanol–water partition coefficient (Wildman–Crippen LogP) is 3.84. The van der Waals surface area contributed by atoms with Gasteiger partial charge in [-0.25, -0.2) is 4.39 Å². The molecule has 0 radical (unpaired) electrons. The summed E-state index contributed by atoms with van der Waals surface area (Å²) in [5.41, 5.74) is 2.97. The third-order valence-electron chi connectivity index (χ3n) is 5.50. The molecule has 0 amide bonds. The number of anilines is 2. The number of nitrogens with one attached hydrogen (secondary N) is 1. The molecule has 5 heteroatoms. The normalized spacial score (nSPS) is 17.6. The second-order valence-corrected chi connectivity index (χ2v) is 7.53. The highest BCUT2D eigenvalue weighted by Crippen LogP contribution is 2.30. The maximum atomic E-state index is 13.7. The Bertz CT molecular complexity index is 815. The summed E-state index contributed by atoms with van der Waals surface area (Å²) >= 11 is 0. The highest BCUT2D eigenvalue weighted by atomic mass is 19.1. The first kappa shape index (κ1) is 17.8. The molecule has 2 fully saturated rings. The molecule has 4 rings (SSSR count). The molecular weight excluding hydrogens is 339 g/mol. The van der Waals surface area contributed by atoms with Crippen molar-refractivity contribution >= 4 is 11.4 Å². The average molecular weight is 364 g/mol. The Hall–Kier alpha value is -2.58. The molecule has 1 aliphatic carbocycles. The quantitative estimate of drug-likeness (QED) is 0.846. The van der Waals surface area contributed by atoms with Gasteiger partial charge in [0.15, 0.2) is 0 Å². The maximum Gasteiger partial charge on any atom is 0.143 e. The van der Waals surface area contributed by atoms with Crippen molar-refractivity contribution in [2.24, 2.45) is 5.92 Å².